The molecule has 0 aliphatic carbocycles. The van der Waals surface area contributed by atoms with Crippen LogP contribution in [0.3, 0.4) is 0 Å². The average Bonchev–Trinajstić information content (AvgIpc) is 2.61. The van der Waals surface area contributed by atoms with Gasteiger partial charge >= 0.3 is 5.97 Å². The minimum absolute atomic E-state index is 0.00801. The number of hydrogen-bond acceptors (Lipinski definition) is 5. The third-order valence-electron chi connectivity index (χ3n) is 2.40. The van der Waals surface area contributed by atoms with Crippen LogP contribution in [-0.4, -0.2) is 33.8 Å². The zero-order valence-electron chi connectivity index (χ0n) is 9.84. The van der Waals surface area contributed by atoms with Crippen LogP contribution in [0.2, 0.25) is 0 Å². The fourth-order valence-corrected chi connectivity index (χ4v) is 2.80. The molecule has 1 aromatic carbocycles. The van der Waals surface area contributed by atoms with Crippen LogP contribution >= 0.6 is 0 Å². The summed E-state index contributed by atoms with van der Waals surface area (Å²) >= 11 is 0. The van der Waals surface area contributed by atoms with Crippen LogP contribution in [0.5, 0.6) is 5.75 Å². The van der Waals surface area contributed by atoms with E-state index in [4.69, 9.17) is 9.47 Å². The maximum atomic E-state index is 11.7. The number of rotatable bonds is 3. The van der Waals surface area contributed by atoms with Crippen molar-refractivity contribution in [3.05, 3.63) is 23.8 Å². The molecule has 0 radical (unpaired) electrons. The van der Waals surface area contributed by atoms with Crippen molar-refractivity contribution in [3.8, 4) is 5.75 Å². The van der Waals surface area contributed by atoms with E-state index in [9.17, 15) is 13.2 Å². The van der Waals surface area contributed by atoms with Crippen molar-refractivity contribution in [2.45, 2.75) is 11.8 Å². The highest BCUT2D eigenvalue weighted by molar-refractivity contribution is 7.90. The summed E-state index contributed by atoms with van der Waals surface area (Å²) in [6.45, 7) is 1.78. The van der Waals surface area contributed by atoms with Gasteiger partial charge in [0, 0.05) is 5.56 Å². The molecule has 2 rings (SSSR count). The second-order valence-electron chi connectivity index (χ2n) is 3.50. The number of ether oxygens (including phenoxy) is 2. The molecule has 0 N–H and O–H groups in total. The summed E-state index contributed by atoms with van der Waals surface area (Å²) in [6.07, 6.45) is 0. The first-order valence-electron chi connectivity index (χ1n) is 5.20. The fraction of sp³-hybridized carbons (Fsp3) is 0.273. The summed E-state index contributed by atoms with van der Waals surface area (Å²) in [5.41, 5.74) is 0.0125. The van der Waals surface area contributed by atoms with Gasteiger partial charge in [0.15, 0.2) is 5.71 Å². The highest BCUT2D eigenvalue weighted by Crippen LogP contribution is 2.29. The fourth-order valence-electron chi connectivity index (χ4n) is 1.61. The average molecular weight is 269 g/mol. The molecule has 18 heavy (non-hydrogen) atoms. The van der Waals surface area contributed by atoms with E-state index in [2.05, 4.69) is 4.40 Å². The van der Waals surface area contributed by atoms with E-state index in [0.717, 1.165) is 0 Å². The molecular formula is C11H11NO5S. The normalized spacial score (nSPS) is 15.8. The lowest BCUT2D eigenvalue weighted by Crippen LogP contribution is -2.17. The summed E-state index contributed by atoms with van der Waals surface area (Å²) in [5.74, 6) is -0.309. The van der Waals surface area contributed by atoms with E-state index in [1.807, 2.05) is 0 Å². The predicted molar refractivity (Wildman–Crippen MR) is 63.3 cm³/mol. The molecule has 0 saturated heterocycles. The van der Waals surface area contributed by atoms with Crippen molar-refractivity contribution in [1.82, 2.24) is 0 Å². The number of hydrogen-bond donors (Lipinski definition) is 0. The number of esters is 1. The second-order valence-corrected chi connectivity index (χ2v) is 5.07. The number of nitrogens with zero attached hydrogens (tertiary/aromatic N) is 1. The minimum atomic E-state index is -3.81. The van der Waals surface area contributed by atoms with Gasteiger partial charge in [0.2, 0.25) is 0 Å². The highest BCUT2D eigenvalue weighted by Gasteiger charge is 2.33. The lowest BCUT2D eigenvalue weighted by atomic mass is 10.1. The van der Waals surface area contributed by atoms with Crippen LogP contribution in [0.25, 0.3) is 0 Å². The Bertz CT molecular complexity index is 633. The zero-order valence-corrected chi connectivity index (χ0v) is 10.7. The molecular weight excluding hydrogens is 258 g/mol. The summed E-state index contributed by atoms with van der Waals surface area (Å²) < 4.78 is 36.7. The molecule has 0 aromatic heterocycles. The van der Waals surface area contributed by atoms with Gasteiger partial charge in [-0.15, -0.1) is 0 Å². The highest BCUT2D eigenvalue weighted by atomic mass is 32.2. The Labute approximate surface area is 104 Å². The van der Waals surface area contributed by atoms with Crippen molar-refractivity contribution in [2.75, 3.05) is 13.7 Å². The number of carbonyl (C=O) groups is 1. The van der Waals surface area contributed by atoms with Crippen molar-refractivity contribution in [3.63, 3.8) is 0 Å². The summed E-state index contributed by atoms with van der Waals surface area (Å²) in [5, 5.41) is 0. The van der Waals surface area contributed by atoms with E-state index in [1.54, 1.807) is 6.92 Å². The third kappa shape index (κ3) is 1.97. The number of methoxy groups -OCH3 is 1. The molecule has 0 unspecified atom stereocenters. The minimum Gasteiger partial charge on any atom is -0.497 e. The van der Waals surface area contributed by atoms with Crippen LogP contribution in [0, 0.1) is 0 Å². The number of sulfonamides is 1. The molecule has 96 valence electrons. The summed E-state index contributed by atoms with van der Waals surface area (Å²) in [6, 6.07) is 4.31. The van der Waals surface area contributed by atoms with Gasteiger partial charge < -0.3 is 9.47 Å². The van der Waals surface area contributed by atoms with Gasteiger partial charge in [-0.25, -0.2) is 4.79 Å². The molecule has 0 saturated carbocycles. The van der Waals surface area contributed by atoms with E-state index >= 15 is 0 Å². The van der Waals surface area contributed by atoms with Crippen LogP contribution in [0.4, 0.5) is 0 Å². The quantitative estimate of drug-likeness (QED) is 0.756. The maximum Gasteiger partial charge on any atom is 0.358 e. The first-order chi connectivity index (χ1) is 8.49. The van der Waals surface area contributed by atoms with Crippen molar-refractivity contribution >= 4 is 21.7 Å². The van der Waals surface area contributed by atoms with Crippen molar-refractivity contribution in [2.24, 2.45) is 4.40 Å². The summed E-state index contributed by atoms with van der Waals surface area (Å²) in [7, 11) is -2.36. The van der Waals surface area contributed by atoms with Gasteiger partial charge in [-0.1, -0.05) is 0 Å². The smallest absolute Gasteiger partial charge is 0.358 e. The van der Waals surface area contributed by atoms with E-state index in [1.165, 1.54) is 25.3 Å². The predicted octanol–water partition coefficient (Wildman–Crippen LogP) is 0.750. The lowest BCUT2D eigenvalue weighted by molar-refractivity contribution is -0.134. The Kier molecular flexibility index (Phi) is 3.08. The Morgan fingerprint density at radius 2 is 2.11 bits per heavy atom. The monoisotopic (exact) mass is 269 g/mol. The van der Waals surface area contributed by atoms with Crippen molar-refractivity contribution < 1.29 is 22.7 Å². The molecule has 0 bridgehead atoms. The molecule has 0 amide bonds. The van der Waals surface area contributed by atoms with Crippen LogP contribution in [-0.2, 0) is 19.6 Å². The largest absolute Gasteiger partial charge is 0.497 e. The summed E-state index contributed by atoms with van der Waals surface area (Å²) in [4.78, 5) is 11.6. The Morgan fingerprint density at radius 1 is 1.39 bits per heavy atom. The van der Waals surface area contributed by atoms with E-state index in [0.29, 0.717) is 5.75 Å². The van der Waals surface area contributed by atoms with Crippen LogP contribution < -0.4 is 4.74 Å². The number of carbonyl (C=O) groups excluding carboxylic acids is 1. The molecule has 7 heteroatoms. The standard InChI is InChI=1S/C11H11NO5S/c1-3-17-11(13)10-8-6-7(16-2)4-5-9(8)18(14,15)12-10/h4-6H,3H2,1-2H3. The third-order valence-corrected chi connectivity index (χ3v) is 3.73. The van der Waals surface area contributed by atoms with Gasteiger partial charge in [0.1, 0.15) is 5.75 Å². The van der Waals surface area contributed by atoms with Gasteiger partial charge in [-0.2, -0.15) is 12.8 Å². The van der Waals surface area contributed by atoms with Gasteiger partial charge in [-0.05, 0) is 25.1 Å². The van der Waals surface area contributed by atoms with Crippen molar-refractivity contribution in [1.29, 1.82) is 0 Å². The topological polar surface area (TPSA) is 82.0 Å². The SMILES string of the molecule is CCOC(=O)C1=NS(=O)(=O)c2ccc(OC)cc21. The molecule has 0 spiro atoms. The van der Waals surface area contributed by atoms with Gasteiger partial charge in [-0.3, -0.25) is 0 Å². The van der Waals surface area contributed by atoms with Crippen LogP contribution in [0.1, 0.15) is 12.5 Å². The zero-order chi connectivity index (χ0) is 13.3. The molecule has 6 nitrogen and oxygen atoms in total. The molecule has 1 aliphatic rings. The van der Waals surface area contributed by atoms with E-state index in [-0.39, 0.29) is 22.8 Å². The number of benzene rings is 1. The maximum absolute atomic E-state index is 11.7. The lowest BCUT2D eigenvalue weighted by Gasteiger charge is -2.04. The van der Waals surface area contributed by atoms with E-state index < -0.39 is 16.0 Å². The Balaban J connectivity index is 2.57. The number of fused-ring (bicyclic) bond motifs is 1. The second kappa shape index (κ2) is 4.41. The molecule has 0 fully saturated rings. The van der Waals surface area contributed by atoms with Gasteiger partial charge in [0.25, 0.3) is 10.0 Å². The molecule has 1 aliphatic heterocycles. The molecule has 1 aromatic rings. The first kappa shape index (κ1) is 12.6. The Hall–Kier alpha value is -1.89. The Morgan fingerprint density at radius 3 is 2.72 bits per heavy atom. The first-order valence-corrected chi connectivity index (χ1v) is 6.64. The molecule has 0 atom stereocenters. The van der Waals surface area contributed by atoms with Gasteiger partial charge in [0.05, 0.1) is 18.6 Å². The van der Waals surface area contributed by atoms with Crippen LogP contribution in [0.15, 0.2) is 27.5 Å². The molecule has 1 heterocycles.